The van der Waals surface area contributed by atoms with Crippen LogP contribution in [-0.4, -0.2) is 27.2 Å². The van der Waals surface area contributed by atoms with Gasteiger partial charge < -0.3 is 13.9 Å². The van der Waals surface area contributed by atoms with Crippen molar-refractivity contribution in [2.75, 3.05) is 11.4 Å². The summed E-state index contributed by atoms with van der Waals surface area (Å²) >= 11 is 0. The van der Waals surface area contributed by atoms with Crippen molar-refractivity contribution in [1.82, 2.24) is 14.8 Å². The van der Waals surface area contributed by atoms with Gasteiger partial charge in [-0.15, -0.1) is 10.2 Å². The molecule has 0 fully saturated rings. The summed E-state index contributed by atoms with van der Waals surface area (Å²) in [6, 6.07) is 18.1. The first kappa shape index (κ1) is 15.8. The summed E-state index contributed by atoms with van der Waals surface area (Å²) in [5, 5.41) is 9.13. The van der Waals surface area contributed by atoms with E-state index in [4.69, 9.17) is 4.42 Å². The number of anilines is 1. The van der Waals surface area contributed by atoms with E-state index in [2.05, 4.69) is 16.3 Å². The fourth-order valence-corrected chi connectivity index (χ4v) is 3.78. The molecule has 0 saturated heterocycles. The summed E-state index contributed by atoms with van der Waals surface area (Å²) in [5.41, 5.74) is 3.96. The third kappa shape index (κ3) is 2.61. The minimum absolute atomic E-state index is 0.0544. The molecule has 1 aliphatic heterocycles. The molecule has 0 aliphatic carbocycles. The Morgan fingerprint density at radius 2 is 1.93 bits per heavy atom. The molecule has 0 radical (unpaired) electrons. The Balaban J connectivity index is 1.56. The summed E-state index contributed by atoms with van der Waals surface area (Å²) in [6.07, 6.45) is 0.893. The standard InChI is InChI=1S/C21H18N4O2/c1-14-22-23-21(27-14)19-12-16-7-3-5-9-18(16)25(19)13-20(26)24-11-10-15-6-2-4-8-17(15)24/h2-9,12H,10-11,13H2,1H3. The summed E-state index contributed by atoms with van der Waals surface area (Å²) in [6.45, 7) is 2.70. The summed E-state index contributed by atoms with van der Waals surface area (Å²) in [7, 11) is 0. The van der Waals surface area contributed by atoms with Gasteiger partial charge in [0.25, 0.3) is 5.89 Å². The van der Waals surface area contributed by atoms with Gasteiger partial charge in [-0.25, -0.2) is 0 Å². The minimum atomic E-state index is 0.0544. The van der Waals surface area contributed by atoms with Crippen LogP contribution in [0.2, 0.25) is 0 Å². The number of benzene rings is 2. The fraction of sp³-hybridized carbons (Fsp3) is 0.190. The Hall–Kier alpha value is -3.41. The minimum Gasteiger partial charge on any atom is -0.420 e. The van der Waals surface area contributed by atoms with Gasteiger partial charge in [0.05, 0.1) is 0 Å². The first-order valence-corrected chi connectivity index (χ1v) is 8.98. The van der Waals surface area contributed by atoms with E-state index in [1.165, 1.54) is 5.56 Å². The van der Waals surface area contributed by atoms with E-state index in [0.29, 0.717) is 18.3 Å². The topological polar surface area (TPSA) is 64.2 Å². The van der Waals surface area contributed by atoms with Crippen molar-refractivity contribution in [3.63, 3.8) is 0 Å². The molecule has 0 spiro atoms. The number of rotatable bonds is 3. The van der Waals surface area contributed by atoms with Gasteiger partial charge in [0.2, 0.25) is 11.8 Å². The molecule has 4 aromatic rings. The average Bonchev–Trinajstić information content (AvgIpc) is 3.38. The maximum atomic E-state index is 13.1. The van der Waals surface area contributed by atoms with Crippen LogP contribution < -0.4 is 4.90 Å². The zero-order valence-electron chi connectivity index (χ0n) is 14.9. The molecule has 3 heterocycles. The second-order valence-electron chi connectivity index (χ2n) is 6.72. The van der Waals surface area contributed by atoms with Gasteiger partial charge >= 0.3 is 0 Å². The van der Waals surface area contributed by atoms with Crippen LogP contribution in [-0.2, 0) is 17.8 Å². The van der Waals surface area contributed by atoms with Crippen molar-refractivity contribution in [3.8, 4) is 11.6 Å². The molecule has 0 atom stereocenters. The van der Waals surface area contributed by atoms with Gasteiger partial charge in [-0.1, -0.05) is 36.4 Å². The first-order chi connectivity index (χ1) is 13.2. The summed E-state index contributed by atoms with van der Waals surface area (Å²) in [5.74, 6) is 0.985. The van der Waals surface area contributed by atoms with Crippen molar-refractivity contribution in [2.45, 2.75) is 19.9 Å². The smallest absolute Gasteiger partial charge is 0.264 e. The molecule has 0 unspecified atom stereocenters. The van der Waals surface area contributed by atoms with Crippen molar-refractivity contribution < 1.29 is 9.21 Å². The van der Waals surface area contributed by atoms with E-state index in [0.717, 1.165) is 28.7 Å². The number of fused-ring (bicyclic) bond motifs is 2. The number of aromatic nitrogens is 3. The largest absolute Gasteiger partial charge is 0.420 e. The molecule has 1 amide bonds. The number of carbonyl (C=O) groups excluding carboxylic acids is 1. The highest BCUT2D eigenvalue weighted by Gasteiger charge is 2.26. The van der Waals surface area contributed by atoms with Gasteiger partial charge in [-0.3, -0.25) is 4.79 Å². The molecule has 2 aromatic carbocycles. The van der Waals surface area contributed by atoms with Gasteiger partial charge in [-0.2, -0.15) is 0 Å². The molecule has 134 valence electrons. The van der Waals surface area contributed by atoms with Crippen molar-refractivity contribution in [3.05, 3.63) is 66.1 Å². The number of para-hydroxylation sites is 2. The van der Waals surface area contributed by atoms with Crippen LogP contribution in [0, 0.1) is 6.92 Å². The number of hydrogen-bond donors (Lipinski definition) is 0. The lowest BCUT2D eigenvalue weighted by Gasteiger charge is -2.19. The van der Waals surface area contributed by atoms with Crippen molar-refractivity contribution >= 4 is 22.5 Å². The second-order valence-corrected chi connectivity index (χ2v) is 6.72. The Bertz CT molecular complexity index is 1160. The maximum absolute atomic E-state index is 13.1. The lowest BCUT2D eigenvalue weighted by atomic mass is 10.2. The van der Waals surface area contributed by atoms with E-state index in [1.807, 2.05) is 58.0 Å². The molecular formula is C21H18N4O2. The highest BCUT2D eigenvalue weighted by atomic mass is 16.4. The Morgan fingerprint density at radius 1 is 1.11 bits per heavy atom. The van der Waals surface area contributed by atoms with Crippen molar-refractivity contribution in [2.24, 2.45) is 0 Å². The van der Waals surface area contributed by atoms with E-state index in [-0.39, 0.29) is 12.5 Å². The Morgan fingerprint density at radius 3 is 2.78 bits per heavy atom. The lowest BCUT2D eigenvalue weighted by molar-refractivity contribution is -0.119. The van der Waals surface area contributed by atoms with Gasteiger partial charge in [0.15, 0.2) is 0 Å². The van der Waals surface area contributed by atoms with Crippen LogP contribution in [0.3, 0.4) is 0 Å². The average molecular weight is 358 g/mol. The molecule has 5 rings (SSSR count). The number of aryl methyl sites for hydroxylation is 1. The summed E-state index contributed by atoms with van der Waals surface area (Å²) in [4.78, 5) is 15.0. The quantitative estimate of drug-likeness (QED) is 0.561. The Kier molecular flexibility index (Phi) is 3.57. The van der Waals surface area contributed by atoms with E-state index in [1.54, 1.807) is 6.92 Å². The van der Waals surface area contributed by atoms with Gasteiger partial charge in [0.1, 0.15) is 12.2 Å². The predicted molar refractivity (Wildman–Crippen MR) is 102 cm³/mol. The highest BCUT2D eigenvalue weighted by Crippen LogP contribution is 2.30. The molecule has 27 heavy (non-hydrogen) atoms. The molecule has 0 bridgehead atoms. The van der Waals surface area contributed by atoms with Crippen LogP contribution in [0.4, 0.5) is 5.69 Å². The zero-order valence-corrected chi connectivity index (χ0v) is 14.9. The molecule has 1 aliphatic rings. The first-order valence-electron chi connectivity index (χ1n) is 8.98. The number of nitrogens with zero attached hydrogens (tertiary/aromatic N) is 4. The zero-order chi connectivity index (χ0) is 18.4. The van der Waals surface area contributed by atoms with E-state index < -0.39 is 0 Å². The third-order valence-electron chi connectivity index (χ3n) is 5.04. The predicted octanol–water partition coefficient (Wildman–Crippen LogP) is 3.59. The molecule has 0 saturated carbocycles. The number of hydrogen-bond acceptors (Lipinski definition) is 4. The fourth-order valence-electron chi connectivity index (χ4n) is 3.78. The molecule has 0 N–H and O–H groups in total. The van der Waals surface area contributed by atoms with Gasteiger partial charge in [0, 0.05) is 30.1 Å². The Labute approximate surface area is 156 Å². The van der Waals surface area contributed by atoms with Crippen LogP contribution in [0.15, 0.2) is 59.0 Å². The normalized spacial score (nSPS) is 13.3. The van der Waals surface area contributed by atoms with E-state index >= 15 is 0 Å². The molecule has 6 nitrogen and oxygen atoms in total. The SMILES string of the molecule is Cc1nnc(-c2cc3ccccc3n2CC(=O)N2CCc3ccccc32)o1. The van der Waals surface area contributed by atoms with Gasteiger partial charge in [-0.05, 0) is 30.2 Å². The molecule has 6 heteroatoms. The molecular weight excluding hydrogens is 340 g/mol. The maximum Gasteiger partial charge on any atom is 0.264 e. The second kappa shape index (κ2) is 6.09. The van der Waals surface area contributed by atoms with Crippen LogP contribution in [0.1, 0.15) is 11.5 Å². The van der Waals surface area contributed by atoms with Crippen LogP contribution in [0.5, 0.6) is 0 Å². The van der Waals surface area contributed by atoms with E-state index in [9.17, 15) is 4.79 Å². The molecule has 2 aromatic heterocycles. The van der Waals surface area contributed by atoms with Crippen LogP contribution >= 0.6 is 0 Å². The highest BCUT2D eigenvalue weighted by molar-refractivity contribution is 5.97. The third-order valence-corrected chi connectivity index (χ3v) is 5.04. The number of amides is 1. The summed E-state index contributed by atoms with van der Waals surface area (Å²) < 4.78 is 7.60. The van der Waals surface area contributed by atoms with Crippen LogP contribution in [0.25, 0.3) is 22.5 Å². The lowest BCUT2D eigenvalue weighted by Crippen LogP contribution is -2.32. The van der Waals surface area contributed by atoms with Crippen molar-refractivity contribution in [1.29, 1.82) is 0 Å². The monoisotopic (exact) mass is 358 g/mol. The number of carbonyl (C=O) groups is 1.